The van der Waals surface area contributed by atoms with E-state index in [1.807, 2.05) is 48.5 Å². The van der Waals surface area contributed by atoms with Gasteiger partial charge in [0.05, 0.1) is 16.6 Å². The maximum atomic E-state index is 13.2. The first-order valence-electron chi connectivity index (χ1n) is 8.95. The first kappa shape index (κ1) is 15.1. The van der Waals surface area contributed by atoms with Crippen LogP contribution in [-0.4, -0.2) is 16.9 Å². The summed E-state index contributed by atoms with van der Waals surface area (Å²) < 4.78 is 0. The highest BCUT2D eigenvalue weighted by atomic mass is 16.1. The Morgan fingerprint density at radius 1 is 0.769 bits per heavy atom. The van der Waals surface area contributed by atoms with Crippen molar-refractivity contribution in [1.29, 1.82) is 0 Å². The molecular weight excluding hydrogens is 320 g/mol. The van der Waals surface area contributed by atoms with E-state index in [9.17, 15) is 4.79 Å². The molecule has 0 spiro atoms. The number of nitrogens with one attached hydrogen (secondary N) is 1. The predicted octanol–water partition coefficient (Wildman–Crippen LogP) is 4.29. The lowest BCUT2D eigenvalue weighted by molar-refractivity contribution is 0.0942. The predicted molar refractivity (Wildman–Crippen MR) is 104 cm³/mol. The van der Waals surface area contributed by atoms with Gasteiger partial charge in [-0.3, -0.25) is 4.79 Å². The third kappa shape index (κ3) is 2.44. The Morgan fingerprint density at radius 3 is 1.85 bits per heavy atom. The van der Waals surface area contributed by atoms with Gasteiger partial charge in [-0.1, -0.05) is 60.7 Å². The van der Waals surface area contributed by atoms with Crippen LogP contribution in [-0.2, 0) is 12.8 Å². The molecule has 3 heteroatoms. The van der Waals surface area contributed by atoms with E-state index in [4.69, 9.17) is 4.98 Å². The van der Waals surface area contributed by atoms with Crippen LogP contribution in [0.25, 0.3) is 21.8 Å². The van der Waals surface area contributed by atoms with Gasteiger partial charge < -0.3 is 5.32 Å². The van der Waals surface area contributed by atoms with Crippen LogP contribution in [0.3, 0.4) is 0 Å². The van der Waals surface area contributed by atoms with Crippen molar-refractivity contribution in [1.82, 2.24) is 10.3 Å². The normalized spacial score (nSPS) is 13.8. The van der Waals surface area contributed by atoms with E-state index in [0.29, 0.717) is 0 Å². The fraction of sp³-hybridized carbons (Fsp3) is 0.130. The molecule has 0 unspecified atom stereocenters. The van der Waals surface area contributed by atoms with Crippen molar-refractivity contribution in [3.8, 4) is 0 Å². The molecule has 1 aliphatic carbocycles. The summed E-state index contributed by atoms with van der Waals surface area (Å²) >= 11 is 0. The number of hydrogen-bond donors (Lipinski definition) is 1. The second kappa shape index (κ2) is 5.95. The van der Waals surface area contributed by atoms with E-state index in [0.717, 1.165) is 40.2 Å². The van der Waals surface area contributed by atoms with Crippen molar-refractivity contribution in [3.05, 3.63) is 89.5 Å². The number of rotatable bonds is 2. The van der Waals surface area contributed by atoms with E-state index in [1.165, 1.54) is 11.1 Å². The number of amides is 1. The number of carbonyl (C=O) groups excluding carboxylic acids is 1. The summed E-state index contributed by atoms with van der Waals surface area (Å²) in [7, 11) is 0. The molecule has 4 aromatic rings. The molecule has 1 heterocycles. The Hall–Kier alpha value is -3.20. The third-order valence-electron chi connectivity index (χ3n) is 5.20. The van der Waals surface area contributed by atoms with Gasteiger partial charge in [0.2, 0.25) is 0 Å². The first-order valence-corrected chi connectivity index (χ1v) is 8.95. The van der Waals surface area contributed by atoms with Crippen LogP contribution in [0.15, 0.2) is 72.8 Å². The first-order chi connectivity index (χ1) is 12.8. The summed E-state index contributed by atoms with van der Waals surface area (Å²) in [6, 6.07) is 24.3. The van der Waals surface area contributed by atoms with Gasteiger partial charge in [-0.25, -0.2) is 4.98 Å². The number of benzene rings is 3. The minimum atomic E-state index is -0.0161. The highest BCUT2D eigenvalue weighted by Gasteiger charge is 2.24. The van der Waals surface area contributed by atoms with Gasteiger partial charge in [0.15, 0.2) is 0 Å². The summed E-state index contributed by atoms with van der Waals surface area (Å²) in [6.07, 6.45) is 1.78. The lowest BCUT2D eigenvalue weighted by atomic mass is 10.0. The molecule has 0 saturated heterocycles. The van der Waals surface area contributed by atoms with Gasteiger partial charge in [-0.2, -0.15) is 0 Å². The van der Waals surface area contributed by atoms with Crippen LogP contribution in [0.4, 0.5) is 0 Å². The fourth-order valence-corrected chi connectivity index (χ4v) is 4.00. The highest BCUT2D eigenvalue weighted by molar-refractivity contribution is 6.16. The van der Waals surface area contributed by atoms with E-state index in [2.05, 4.69) is 29.6 Å². The molecule has 0 saturated carbocycles. The maximum Gasteiger partial charge on any atom is 0.252 e. The average molecular weight is 338 g/mol. The zero-order chi connectivity index (χ0) is 17.5. The second-order valence-corrected chi connectivity index (χ2v) is 6.87. The standard InChI is InChI=1S/C23H18N2O/c26-23(24-17-13-15-7-1-2-8-16(15)14-17)22-18-9-3-5-11-20(18)25-21-12-6-4-10-19(21)22/h1-12,17H,13-14H2,(H,24,26). The monoisotopic (exact) mass is 338 g/mol. The Kier molecular flexibility index (Phi) is 3.45. The van der Waals surface area contributed by atoms with E-state index in [1.54, 1.807) is 0 Å². The van der Waals surface area contributed by atoms with Crippen LogP contribution in [0.1, 0.15) is 21.5 Å². The number of hydrogen-bond acceptors (Lipinski definition) is 2. The molecule has 1 aliphatic rings. The van der Waals surface area contributed by atoms with E-state index >= 15 is 0 Å². The summed E-state index contributed by atoms with van der Waals surface area (Å²) in [4.78, 5) is 17.9. The Morgan fingerprint density at radius 2 is 1.27 bits per heavy atom. The smallest absolute Gasteiger partial charge is 0.252 e. The van der Waals surface area contributed by atoms with Crippen molar-refractivity contribution >= 4 is 27.7 Å². The Balaban J connectivity index is 1.56. The van der Waals surface area contributed by atoms with Crippen molar-refractivity contribution in [3.63, 3.8) is 0 Å². The summed E-state index contributed by atoms with van der Waals surface area (Å²) in [5.74, 6) is -0.0161. The van der Waals surface area contributed by atoms with Crippen molar-refractivity contribution in [2.45, 2.75) is 18.9 Å². The number of pyridine rings is 1. The largest absolute Gasteiger partial charge is 0.349 e. The van der Waals surface area contributed by atoms with Gasteiger partial charge in [-0.15, -0.1) is 0 Å². The topological polar surface area (TPSA) is 42.0 Å². The van der Waals surface area contributed by atoms with Crippen LogP contribution in [0.5, 0.6) is 0 Å². The zero-order valence-electron chi connectivity index (χ0n) is 14.3. The molecule has 0 atom stereocenters. The highest BCUT2D eigenvalue weighted by Crippen LogP contribution is 2.27. The zero-order valence-corrected chi connectivity index (χ0v) is 14.3. The van der Waals surface area contributed by atoms with Crippen LogP contribution < -0.4 is 5.32 Å². The third-order valence-corrected chi connectivity index (χ3v) is 5.20. The number of aromatic nitrogens is 1. The summed E-state index contributed by atoms with van der Waals surface area (Å²) in [6.45, 7) is 0. The number of fused-ring (bicyclic) bond motifs is 3. The number of nitrogens with zero attached hydrogens (tertiary/aromatic N) is 1. The van der Waals surface area contributed by atoms with E-state index < -0.39 is 0 Å². The lowest BCUT2D eigenvalue weighted by Crippen LogP contribution is -2.35. The SMILES string of the molecule is O=C(NC1Cc2ccccc2C1)c1c2ccccc2nc2ccccc12. The molecule has 0 radical (unpaired) electrons. The van der Waals surface area contributed by atoms with Crippen LogP contribution >= 0.6 is 0 Å². The molecule has 0 bridgehead atoms. The minimum Gasteiger partial charge on any atom is -0.349 e. The molecule has 3 aromatic carbocycles. The fourth-order valence-electron chi connectivity index (χ4n) is 4.00. The molecule has 126 valence electrons. The average Bonchev–Trinajstić information content (AvgIpc) is 3.08. The molecule has 5 rings (SSSR count). The van der Waals surface area contributed by atoms with Crippen molar-refractivity contribution in [2.24, 2.45) is 0 Å². The Bertz CT molecular complexity index is 1070. The van der Waals surface area contributed by atoms with Crippen LogP contribution in [0.2, 0.25) is 0 Å². The molecule has 3 nitrogen and oxygen atoms in total. The van der Waals surface area contributed by atoms with Crippen molar-refractivity contribution < 1.29 is 4.79 Å². The molecule has 1 aromatic heterocycles. The quantitative estimate of drug-likeness (QED) is 0.554. The molecular formula is C23H18N2O. The van der Waals surface area contributed by atoms with Gasteiger partial charge in [0, 0.05) is 16.8 Å². The number of para-hydroxylation sites is 2. The van der Waals surface area contributed by atoms with Crippen LogP contribution in [0, 0.1) is 0 Å². The molecule has 0 aliphatic heterocycles. The Labute approximate surface area is 151 Å². The van der Waals surface area contributed by atoms with E-state index in [-0.39, 0.29) is 11.9 Å². The second-order valence-electron chi connectivity index (χ2n) is 6.87. The minimum absolute atomic E-state index is 0.0161. The van der Waals surface area contributed by atoms with Crippen molar-refractivity contribution in [2.75, 3.05) is 0 Å². The van der Waals surface area contributed by atoms with Gasteiger partial charge in [0.1, 0.15) is 0 Å². The maximum absolute atomic E-state index is 13.2. The molecule has 1 amide bonds. The molecule has 1 N–H and O–H groups in total. The van der Waals surface area contributed by atoms with Gasteiger partial charge in [0.25, 0.3) is 5.91 Å². The molecule has 0 fully saturated rings. The number of carbonyl (C=O) groups is 1. The summed E-state index contributed by atoms with van der Waals surface area (Å²) in [5, 5.41) is 5.06. The van der Waals surface area contributed by atoms with Gasteiger partial charge in [-0.05, 0) is 36.1 Å². The summed E-state index contributed by atoms with van der Waals surface area (Å²) in [5.41, 5.74) is 5.10. The lowest BCUT2D eigenvalue weighted by Gasteiger charge is -2.15. The van der Waals surface area contributed by atoms with Gasteiger partial charge >= 0.3 is 0 Å². The molecule has 26 heavy (non-hydrogen) atoms.